The number of fused-ring (bicyclic) bond motifs is 3. The van der Waals surface area contributed by atoms with Gasteiger partial charge in [-0.1, -0.05) is 6.07 Å². The Kier molecular flexibility index (Phi) is 3.89. The molecule has 0 unspecified atom stereocenters. The third-order valence-electron chi connectivity index (χ3n) is 5.75. The van der Waals surface area contributed by atoms with Crippen LogP contribution < -0.4 is 14.8 Å². The molecule has 3 aliphatic heterocycles. The number of benzene rings is 1. The number of nitrogens with one attached hydrogen (secondary N) is 2. The molecule has 0 radical (unpaired) electrons. The smallest absolute Gasteiger partial charge is 0.246 e. The Labute approximate surface area is 157 Å². The molecular weight excluding hydrogens is 344 g/mol. The Bertz CT molecular complexity index is 896. The van der Waals surface area contributed by atoms with Gasteiger partial charge in [-0.3, -0.25) is 4.79 Å². The van der Waals surface area contributed by atoms with Crippen LogP contribution in [0.5, 0.6) is 11.5 Å². The predicted octanol–water partition coefficient (Wildman–Crippen LogP) is 1.82. The highest BCUT2D eigenvalue weighted by Gasteiger charge is 2.41. The van der Waals surface area contributed by atoms with Gasteiger partial charge in [0.1, 0.15) is 0 Å². The molecule has 0 atom stereocenters. The van der Waals surface area contributed by atoms with E-state index in [0.717, 1.165) is 61.7 Å². The highest BCUT2D eigenvalue weighted by atomic mass is 16.7. The summed E-state index contributed by atoms with van der Waals surface area (Å²) in [6, 6.07) is 5.68. The van der Waals surface area contributed by atoms with Crippen LogP contribution >= 0.6 is 0 Å². The molecule has 1 saturated heterocycles. The number of H-pyrrole nitrogens is 1. The van der Waals surface area contributed by atoms with Crippen LogP contribution in [0.1, 0.15) is 29.8 Å². The molecule has 0 saturated carbocycles. The summed E-state index contributed by atoms with van der Waals surface area (Å²) < 4.78 is 10.7. The summed E-state index contributed by atoms with van der Waals surface area (Å²) in [5.41, 5.74) is 3.20. The van der Waals surface area contributed by atoms with Gasteiger partial charge in [-0.15, -0.1) is 0 Å². The Balaban J connectivity index is 1.24. The minimum Gasteiger partial charge on any atom is -0.454 e. The van der Waals surface area contributed by atoms with Crippen molar-refractivity contribution in [2.75, 3.05) is 26.4 Å². The summed E-state index contributed by atoms with van der Waals surface area (Å²) in [6.07, 6.45) is 8.01. The molecule has 2 aromatic rings. The number of hydrogen-bond donors (Lipinski definition) is 2. The van der Waals surface area contributed by atoms with Crippen LogP contribution in [-0.4, -0.2) is 47.2 Å². The molecule has 7 heteroatoms. The van der Waals surface area contributed by atoms with Crippen LogP contribution in [0.4, 0.5) is 0 Å². The zero-order valence-electron chi connectivity index (χ0n) is 15.0. The van der Waals surface area contributed by atoms with E-state index in [1.54, 1.807) is 12.4 Å². The number of rotatable bonds is 2. The monoisotopic (exact) mass is 366 g/mol. The van der Waals surface area contributed by atoms with Gasteiger partial charge >= 0.3 is 0 Å². The van der Waals surface area contributed by atoms with Crippen LogP contribution in [0, 0.1) is 0 Å². The van der Waals surface area contributed by atoms with Crippen LogP contribution in [0.2, 0.25) is 0 Å². The van der Waals surface area contributed by atoms with Crippen molar-refractivity contribution in [3.63, 3.8) is 0 Å². The standard InChI is InChI=1S/C20H22N4O3/c25-18(4-2-14-1-3-16-17(11-14)27-13-26-16)24-9-6-20(7-10-24)19-15(5-8-23-20)21-12-22-19/h1-4,11-12,23H,5-10,13H2,(H,21,22). The van der Waals surface area contributed by atoms with Gasteiger partial charge in [0.05, 0.1) is 17.6 Å². The first-order valence-electron chi connectivity index (χ1n) is 9.38. The lowest BCUT2D eigenvalue weighted by atomic mass is 9.80. The van der Waals surface area contributed by atoms with E-state index >= 15 is 0 Å². The van der Waals surface area contributed by atoms with E-state index in [0.29, 0.717) is 0 Å². The number of carbonyl (C=O) groups excluding carboxylic acids is 1. The Morgan fingerprint density at radius 3 is 2.96 bits per heavy atom. The fourth-order valence-corrected chi connectivity index (χ4v) is 4.25. The van der Waals surface area contributed by atoms with Crippen molar-refractivity contribution in [2.24, 2.45) is 0 Å². The summed E-state index contributed by atoms with van der Waals surface area (Å²) in [7, 11) is 0. The SMILES string of the molecule is O=C(C=Cc1ccc2c(c1)OCO2)N1CCC2(CC1)NCCc1[nH]cnc12. The molecule has 5 rings (SSSR count). The highest BCUT2D eigenvalue weighted by molar-refractivity contribution is 5.92. The molecule has 27 heavy (non-hydrogen) atoms. The zero-order valence-corrected chi connectivity index (χ0v) is 15.0. The van der Waals surface area contributed by atoms with Crippen LogP contribution in [0.25, 0.3) is 6.08 Å². The van der Waals surface area contributed by atoms with E-state index < -0.39 is 0 Å². The van der Waals surface area contributed by atoms with Crippen molar-refractivity contribution in [2.45, 2.75) is 24.8 Å². The molecule has 1 spiro atoms. The minimum atomic E-state index is -0.0919. The number of aromatic nitrogens is 2. The summed E-state index contributed by atoms with van der Waals surface area (Å²) in [5.74, 6) is 1.51. The minimum absolute atomic E-state index is 0.0422. The molecule has 140 valence electrons. The lowest BCUT2D eigenvalue weighted by Gasteiger charge is -2.43. The van der Waals surface area contributed by atoms with E-state index in [1.165, 1.54) is 5.69 Å². The number of piperidine rings is 1. The third kappa shape index (κ3) is 2.88. The van der Waals surface area contributed by atoms with Crippen molar-refractivity contribution in [3.05, 3.63) is 47.6 Å². The van der Waals surface area contributed by atoms with Crippen molar-refractivity contribution in [1.29, 1.82) is 0 Å². The van der Waals surface area contributed by atoms with Gasteiger partial charge in [0, 0.05) is 37.8 Å². The summed E-state index contributed by atoms with van der Waals surface area (Å²) in [6.45, 7) is 2.66. The Hall–Kier alpha value is -2.80. The average Bonchev–Trinajstić information content (AvgIpc) is 3.36. The topological polar surface area (TPSA) is 79.5 Å². The summed E-state index contributed by atoms with van der Waals surface area (Å²) in [4.78, 5) is 22.3. The molecule has 0 bridgehead atoms. The van der Waals surface area contributed by atoms with E-state index in [-0.39, 0.29) is 18.2 Å². The van der Waals surface area contributed by atoms with E-state index in [2.05, 4.69) is 15.3 Å². The third-order valence-corrected chi connectivity index (χ3v) is 5.75. The van der Waals surface area contributed by atoms with E-state index in [9.17, 15) is 4.79 Å². The first kappa shape index (κ1) is 16.4. The molecule has 3 aliphatic rings. The second-order valence-corrected chi connectivity index (χ2v) is 7.26. The number of likely N-dealkylation sites (tertiary alicyclic amines) is 1. The molecule has 1 aromatic carbocycles. The highest BCUT2D eigenvalue weighted by Crippen LogP contribution is 2.36. The van der Waals surface area contributed by atoms with Gasteiger partial charge in [0.25, 0.3) is 0 Å². The number of aromatic amines is 1. The van der Waals surface area contributed by atoms with Crippen molar-refractivity contribution in [1.82, 2.24) is 20.2 Å². The fourth-order valence-electron chi connectivity index (χ4n) is 4.25. The van der Waals surface area contributed by atoms with Gasteiger partial charge in [-0.05, 0) is 36.6 Å². The second-order valence-electron chi connectivity index (χ2n) is 7.26. The largest absolute Gasteiger partial charge is 0.454 e. The van der Waals surface area contributed by atoms with Gasteiger partial charge in [0.2, 0.25) is 12.7 Å². The maximum Gasteiger partial charge on any atom is 0.246 e. The van der Waals surface area contributed by atoms with Crippen LogP contribution in [-0.2, 0) is 16.8 Å². The Morgan fingerprint density at radius 1 is 1.22 bits per heavy atom. The van der Waals surface area contributed by atoms with Gasteiger partial charge in [0.15, 0.2) is 11.5 Å². The van der Waals surface area contributed by atoms with Crippen molar-refractivity contribution >= 4 is 12.0 Å². The lowest BCUT2D eigenvalue weighted by molar-refractivity contribution is -0.127. The fraction of sp³-hybridized carbons (Fsp3) is 0.400. The maximum absolute atomic E-state index is 12.6. The number of carbonyl (C=O) groups is 1. The van der Waals surface area contributed by atoms with E-state index in [1.807, 2.05) is 29.2 Å². The van der Waals surface area contributed by atoms with Crippen LogP contribution in [0.15, 0.2) is 30.6 Å². The molecule has 7 nitrogen and oxygen atoms in total. The molecule has 0 aliphatic carbocycles. The number of hydrogen-bond acceptors (Lipinski definition) is 5. The van der Waals surface area contributed by atoms with E-state index in [4.69, 9.17) is 9.47 Å². The number of amides is 1. The number of imidazole rings is 1. The molecule has 1 aromatic heterocycles. The average molecular weight is 366 g/mol. The molecule has 2 N–H and O–H groups in total. The van der Waals surface area contributed by atoms with Crippen molar-refractivity contribution < 1.29 is 14.3 Å². The number of nitrogens with zero attached hydrogens (tertiary/aromatic N) is 2. The number of ether oxygens (including phenoxy) is 2. The first-order chi connectivity index (χ1) is 13.2. The zero-order chi connectivity index (χ0) is 18.3. The lowest BCUT2D eigenvalue weighted by Crippen LogP contribution is -2.55. The summed E-state index contributed by atoms with van der Waals surface area (Å²) in [5, 5.41) is 3.65. The molecular formula is C20H22N4O3. The Morgan fingerprint density at radius 2 is 2.07 bits per heavy atom. The van der Waals surface area contributed by atoms with Crippen molar-refractivity contribution in [3.8, 4) is 11.5 Å². The van der Waals surface area contributed by atoms with Gasteiger partial charge in [-0.25, -0.2) is 4.98 Å². The summed E-state index contributed by atoms with van der Waals surface area (Å²) >= 11 is 0. The van der Waals surface area contributed by atoms with Crippen LogP contribution in [0.3, 0.4) is 0 Å². The normalized spacial score (nSPS) is 20.2. The maximum atomic E-state index is 12.6. The second kappa shape index (κ2) is 6.42. The molecule has 4 heterocycles. The first-order valence-corrected chi connectivity index (χ1v) is 9.38. The predicted molar refractivity (Wildman–Crippen MR) is 99.4 cm³/mol. The van der Waals surface area contributed by atoms with Gasteiger partial charge in [-0.2, -0.15) is 0 Å². The molecule has 1 fully saturated rings. The molecule has 1 amide bonds. The quantitative estimate of drug-likeness (QED) is 0.793. The van der Waals surface area contributed by atoms with Gasteiger partial charge < -0.3 is 24.7 Å².